The molecule has 0 saturated heterocycles. The Labute approximate surface area is 166 Å². The van der Waals surface area contributed by atoms with Crippen molar-refractivity contribution in [2.45, 2.75) is 20.0 Å². The molecule has 2 amide bonds. The smallest absolute Gasteiger partial charge is 0.316 e. The maximum atomic E-state index is 13.1. The number of benzene rings is 2. The topological polar surface area (TPSA) is 135 Å². The summed E-state index contributed by atoms with van der Waals surface area (Å²) < 4.78 is 11.2. The van der Waals surface area contributed by atoms with Crippen LogP contribution in [0.2, 0.25) is 0 Å². The van der Waals surface area contributed by atoms with Gasteiger partial charge in [-0.05, 0) is 31.5 Å². The predicted molar refractivity (Wildman–Crippen MR) is 107 cm³/mol. The maximum Gasteiger partial charge on any atom is 0.316 e. The Morgan fingerprint density at radius 3 is 2.62 bits per heavy atom. The number of nitrogens with one attached hydrogen (secondary N) is 1. The minimum Gasteiger partial charge on any atom is -0.491 e. The zero-order valence-corrected chi connectivity index (χ0v) is 16.1. The molecule has 2 aromatic carbocycles. The summed E-state index contributed by atoms with van der Waals surface area (Å²) in [5.41, 5.74) is 8.01. The molecule has 3 aromatic rings. The van der Waals surface area contributed by atoms with Gasteiger partial charge in [-0.1, -0.05) is 23.8 Å². The van der Waals surface area contributed by atoms with E-state index in [0.717, 1.165) is 11.1 Å². The first-order valence-corrected chi connectivity index (χ1v) is 8.96. The Morgan fingerprint density at radius 1 is 1.21 bits per heavy atom. The highest BCUT2D eigenvalue weighted by Gasteiger charge is 2.24. The summed E-state index contributed by atoms with van der Waals surface area (Å²) in [6, 6.07) is 9.33. The lowest BCUT2D eigenvalue weighted by Gasteiger charge is -2.09. The number of carbonyl (C=O) groups excluding carboxylic acids is 2. The Kier molecular flexibility index (Phi) is 5.86. The van der Waals surface area contributed by atoms with Crippen LogP contribution in [0.4, 0.5) is 10.5 Å². The highest BCUT2D eigenvalue weighted by molar-refractivity contribution is 6.17. The van der Waals surface area contributed by atoms with Crippen molar-refractivity contribution in [1.29, 1.82) is 0 Å². The average Bonchev–Trinajstić information content (AvgIpc) is 3.02. The third-order valence-electron chi connectivity index (χ3n) is 4.40. The molecule has 0 fully saturated rings. The molecule has 0 aliphatic heterocycles. The summed E-state index contributed by atoms with van der Waals surface area (Å²) in [4.78, 5) is 24.6. The standard InChI is InChI=1S/C21H22N2O6/c1-11-3-5-15(12(2)7-11)19(26)20-18(23-21(22)27)16-6-4-14(8-17(16)29-20)28-10-13(25)9-24/h3-8,13,24-25H,9-10H2,1-2H3,(H3,22,23,27). The molecule has 152 valence electrons. The number of rotatable bonds is 7. The van der Waals surface area contributed by atoms with E-state index in [1.165, 1.54) is 6.07 Å². The van der Waals surface area contributed by atoms with Crippen LogP contribution in [0, 0.1) is 13.8 Å². The molecule has 3 rings (SSSR count). The molecule has 0 saturated carbocycles. The van der Waals surface area contributed by atoms with Crippen LogP contribution in [0.5, 0.6) is 5.75 Å². The number of urea groups is 1. The molecule has 1 atom stereocenters. The summed E-state index contributed by atoms with van der Waals surface area (Å²) in [7, 11) is 0. The lowest BCUT2D eigenvalue weighted by Crippen LogP contribution is -2.21. The number of furan rings is 1. The third kappa shape index (κ3) is 4.39. The number of primary amides is 1. The number of anilines is 1. The first-order chi connectivity index (χ1) is 13.8. The Bertz CT molecular complexity index is 1070. The molecule has 5 N–H and O–H groups in total. The van der Waals surface area contributed by atoms with Gasteiger partial charge in [0.05, 0.1) is 6.61 Å². The zero-order chi connectivity index (χ0) is 21.1. The van der Waals surface area contributed by atoms with E-state index in [1.807, 2.05) is 26.0 Å². The van der Waals surface area contributed by atoms with E-state index >= 15 is 0 Å². The highest BCUT2D eigenvalue weighted by atomic mass is 16.5. The second-order valence-corrected chi connectivity index (χ2v) is 6.75. The van der Waals surface area contributed by atoms with Gasteiger partial charge in [0.1, 0.15) is 29.7 Å². The van der Waals surface area contributed by atoms with E-state index < -0.39 is 18.7 Å². The SMILES string of the molecule is Cc1ccc(C(=O)c2oc3cc(OCC(O)CO)ccc3c2NC(N)=O)c(C)c1. The van der Waals surface area contributed by atoms with Crippen molar-refractivity contribution in [3.8, 4) is 5.75 Å². The summed E-state index contributed by atoms with van der Waals surface area (Å²) >= 11 is 0. The molecule has 8 heteroatoms. The summed E-state index contributed by atoms with van der Waals surface area (Å²) in [6.45, 7) is 3.22. The van der Waals surface area contributed by atoms with Gasteiger partial charge in [0.2, 0.25) is 5.78 Å². The summed E-state index contributed by atoms with van der Waals surface area (Å²) in [5, 5.41) is 21.2. The number of hydrogen-bond donors (Lipinski definition) is 4. The molecule has 0 aliphatic carbocycles. The Balaban J connectivity index is 2.04. The number of aliphatic hydroxyl groups excluding tert-OH is 2. The minimum absolute atomic E-state index is 0.0432. The van der Waals surface area contributed by atoms with Crippen molar-refractivity contribution in [3.63, 3.8) is 0 Å². The predicted octanol–water partition coefficient (Wildman–Crippen LogP) is 2.50. The number of amides is 2. The maximum absolute atomic E-state index is 13.1. The van der Waals surface area contributed by atoms with Gasteiger partial charge in [-0.25, -0.2) is 4.79 Å². The normalized spacial score (nSPS) is 12.0. The minimum atomic E-state index is -1.02. The molecular weight excluding hydrogens is 376 g/mol. The first-order valence-electron chi connectivity index (χ1n) is 8.96. The van der Waals surface area contributed by atoms with Gasteiger partial charge in [0.25, 0.3) is 0 Å². The third-order valence-corrected chi connectivity index (χ3v) is 4.40. The van der Waals surface area contributed by atoms with Crippen molar-refractivity contribution in [3.05, 3.63) is 58.8 Å². The van der Waals surface area contributed by atoms with Crippen molar-refractivity contribution in [2.24, 2.45) is 5.73 Å². The van der Waals surface area contributed by atoms with Gasteiger partial charge in [0, 0.05) is 17.0 Å². The lowest BCUT2D eigenvalue weighted by atomic mass is 10.00. The van der Waals surface area contributed by atoms with Gasteiger partial charge in [-0.2, -0.15) is 0 Å². The molecule has 0 bridgehead atoms. The van der Waals surface area contributed by atoms with Gasteiger partial charge in [-0.15, -0.1) is 0 Å². The average molecular weight is 398 g/mol. The molecule has 0 spiro atoms. The zero-order valence-electron chi connectivity index (χ0n) is 16.1. The first kappa shape index (κ1) is 20.4. The fraction of sp³-hybridized carbons (Fsp3) is 0.238. The van der Waals surface area contributed by atoms with E-state index in [2.05, 4.69) is 5.32 Å². The largest absolute Gasteiger partial charge is 0.491 e. The van der Waals surface area contributed by atoms with Crippen molar-refractivity contribution >= 4 is 28.5 Å². The highest BCUT2D eigenvalue weighted by Crippen LogP contribution is 2.35. The second-order valence-electron chi connectivity index (χ2n) is 6.75. The molecular formula is C21H22N2O6. The van der Waals surface area contributed by atoms with Crippen LogP contribution < -0.4 is 15.8 Å². The van der Waals surface area contributed by atoms with Gasteiger partial charge in [0.15, 0.2) is 5.76 Å². The van der Waals surface area contributed by atoms with E-state index in [4.69, 9.17) is 20.0 Å². The number of nitrogens with two attached hydrogens (primary N) is 1. The van der Waals surface area contributed by atoms with Crippen molar-refractivity contribution in [1.82, 2.24) is 0 Å². The van der Waals surface area contributed by atoms with E-state index in [-0.39, 0.29) is 23.8 Å². The molecule has 0 radical (unpaired) electrons. The number of ketones is 1. The molecule has 0 aliphatic rings. The Hall–Kier alpha value is -3.36. The second kappa shape index (κ2) is 8.34. The van der Waals surface area contributed by atoms with Gasteiger partial charge >= 0.3 is 6.03 Å². The number of aryl methyl sites for hydroxylation is 2. The number of aliphatic hydroxyl groups is 2. The van der Waals surface area contributed by atoms with Crippen LogP contribution in [0.15, 0.2) is 40.8 Å². The van der Waals surface area contributed by atoms with Gasteiger partial charge in [-0.3, -0.25) is 4.79 Å². The summed E-state index contributed by atoms with van der Waals surface area (Å²) in [5.74, 6) is -0.0613. The van der Waals surface area contributed by atoms with Gasteiger partial charge < -0.3 is 30.4 Å². The van der Waals surface area contributed by atoms with Crippen LogP contribution in [0.25, 0.3) is 11.0 Å². The van der Waals surface area contributed by atoms with Crippen molar-refractivity contribution in [2.75, 3.05) is 18.5 Å². The lowest BCUT2D eigenvalue weighted by molar-refractivity contribution is 0.0536. The summed E-state index contributed by atoms with van der Waals surface area (Å²) in [6.07, 6.45) is -1.02. The van der Waals surface area contributed by atoms with Crippen LogP contribution >= 0.6 is 0 Å². The van der Waals surface area contributed by atoms with Crippen LogP contribution in [-0.2, 0) is 0 Å². The van der Waals surface area contributed by atoms with Crippen LogP contribution in [0.3, 0.4) is 0 Å². The fourth-order valence-corrected chi connectivity index (χ4v) is 3.01. The van der Waals surface area contributed by atoms with Crippen molar-refractivity contribution < 1.29 is 29.0 Å². The van der Waals surface area contributed by atoms with E-state index in [1.54, 1.807) is 18.2 Å². The Morgan fingerprint density at radius 2 is 1.97 bits per heavy atom. The van der Waals surface area contributed by atoms with E-state index in [9.17, 15) is 14.7 Å². The molecule has 29 heavy (non-hydrogen) atoms. The molecule has 8 nitrogen and oxygen atoms in total. The number of ether oxygens (including phenoxy) is 1. The van der Waals surface area contributed by atoms with Crippen LogP contribution in [0.1, 0.15) is 27.2 Å². The number of carbonyl (C=O) groups is 2. The number of fused-ring (bicyclic) bond motifs is 1. The monoisotopic (exact) mass is 398 g/mol. The number of hydrogen-bond acceptors (Lipinski definition) is 6. The fourth-order valence-electron chi connectivity index (χ4n) is 3.01. The quantitative estimate of drug-likeness (QED) is 0.452. The molecule has 1 unspecified atom stereocenters. The van der Waals surface area contributed by atoms with E-state index in [0.29, 0.717) is 22.3 Å². The molecule has 1 aromatic heterocycles. The van der Waals surface area contributed by atoms with Crippen LogP contribution in [-0.4, -0.2) is 41.3 Å². The molecule has 1 heterocycles.